The van der Waals surface area contributed by atoms with E-state index in [4.69, 9.17) is 0 Å². The lowest BCUT2D eigenvalue weighted by molar-refractivity contribution is 0.340. The van der Waals surface area contributed by atoms with E-state index in [-0.39, 0.29) is 0 Å². The molecule has 0 aliphatic heterocycles. The summed E-state index contributed by atoms with van der Waals surface area (Å²) in [4.78, 5) is 4.30. The maximum absolute atomic E-state index is 2.30. The Labute approximate surface area is 73.3 Å². The summed E-state index contributed by atoms with van der Waals surface area (Å²) >= 11 is 0. The number of nitrogens with zero attached hydrogens (tertiary/aromatic N) is 2. The summed E-state index contributed by atoms with van der Waals surface area (Å²) in [5.41, 5.74) is 0. The molecule has 3 heteroatoms. The predicted molar refractivity (Wildman–Crippen MR) is 54.8 cm³/mol. The molecule has 0 saturated carbocycles. The molecule has 0 radical (unpaired) electrons. The van der Waals surface area contributed by atoms with E-state index in [1.54, 1.807) is 0 Å². The van der Waals surface area contributed by atoms with Crippen molar-refractivity contribution in [2.24, 2.45) is 0 Å². The molecule has 0 fully saturated rings. The van der Waals surface area contributed by atoms with E-state index in [0.29, 0.717) is 0 Å². The van der Waals surface area contributed by atoms with E-state index in [2.05, 4.69) is 44.1 Å². The molecule has 0 aliphatic carbocycles. The topological polar surface area (TPSA) is 6.48 Å². The summed E-state index contributed by atoms with van der Waals surface area (Å²) < 4.78 is 0. The van der Waals surface area contributed by atoms with Gasteiger partial charge in [-0.2, -0.15) is 0 Å². The van der Waals surface area contributed by atoms with E-state index < -0.39 is 0 Å². The van der Waals surface area contributed by atoms with Gasteiger partial charge in [0.15, 0.2) is 0 Å². The number of allylic oxidation sites excluding steroid dienone is 1. The van der Waals surface area contributed by atoms with Crippen molar-refractivity contribution in [3.8, 4) is 0 Å². The molecule has 0 saturated heterocycles. The molecule has 0 aliphatic rings. The Kier molecular flexibility index (Phi) is 5.03. The second-order valence-electron chi connectivity index (χ2n) is 3.14. The summed E-state index contributed by atoms with van der Waals surface area (Å²) in [7, 11) is 9.63. The van der Waals surface area contributed by atoms with Gasteiger partial charge in [-0.15, -0.1) is 0 Å². The monoisotopic (exact) mass is 172 g/mol. The van der Waals surface area contributed by atoms with Gasteiger partial charge < -0.3 is 9.80 Å². The fourth-order valence-electron chi connectivity index (χ4n) is 1.04. The van der Waals surface area contributed by atoms with E-state index in [0.717, 1.165) is 0 Å². The van der Waals surface area contributed by atoms with Crippen molar-refractivity contribution in [2.75, 3.05) is 28.2 Å². The first-order valence-corrected chi connectivity index (χ1v) is 5.55. The normalized spacial score (nSPS) is 9.45. The van der Waals surface area contributed by atoms with Crippen LogP contribution in [0.2, 0.25) is 6.04 Å². The first kappa shape index (κ1) is 10.6. The van der Waals surface area contributed by atoms with Gasteiger partial charge in [-0.25, -0.2) is 0 Å². The lowest BCUT2D eigenvalue weighted by Crippen LogP contribution is -2.24. The first-order chi connectivity index (χ1) is 5.09. The van der Waals surface area contributed by atoms with Crippen molar-refractivity contribution in [1.82, 2.24) is 9.80 Å². The highest BCUT2D eigenvalue weighted by molar-refractivity contribution is 6.08. The molecule has 11 heavy (non-hydrogen) atoms. The van der Waals surface area contributed by atoms with E-state index in [9.17, 15) is 0 Å². The summed E-state index contributed by atoms with van der Waals surface area (Å²) in [6, 6.07) is 1.35. The van der Waals surface area contributed by atoms with Gasteiger partial charge in [-0.05, 0) is 12.5 Å². The summed E-state index contributed by atoms with van der Waals surface area (Å²) in [5, 5.41) is 0. The second-order valence-corrected chi connectivity index (χ2v) is 4.14. The van der Waals surface area contributed by atoms with Crippen molar-refractivity contribution >= 4 is 10.2 Å². The molecule has 0 unspecified atom stereocenters. The Morgan fingerprint density at radius 1 is 1.18 bits per heavy atom. The highest BCUT2D eigenvalue weighted by atomic mass is 28.1. The van der Waals surface area contributed by atoms with Crippen molar-refractivity contribution in [2.45, 2.75) is 12.5 Å². The molecule has 0 spiro atoms. The molecule has 0 atom stereocenters. The third-order valence-corrected chi connectivity index (χ3v) is 2.11. The standard InChI is InChI=1S/C8H20N2Si/c1-9(2)8(10(3)4)6-5-7-11/h6H,5,7H2,1-4,11H3. The van der Waals surface area contributed by atoms with Crippen LogP contribution in [-0.2, 0) is 0 Å². The van der Waals surface area contributed by atoms with Crippen LogP contribution in [0.5, 0.6) is 0 Å². The lowest BCUT2D eigenvalue weighted by Gasteiger charge is -2.24. The fourth-order valence-corrected chi connectivity index (χ4v) is 1.33. The zero-order chi connectivity index (χ0) is 8.85. The number of hydrogen-bond donors (Lipinski definition) is 0. The molecule has 66 valence electrons. The Hall–Kier alpha value is -0.443. The van der Waals surface area contributed by atoms with Crippen LogP contribution in [0.15, 0.2) is 11.9 Å². The minimum atomic E-state index is 1.22. The maximum atomic E-state index is 2.30. The Bertz CT molecular complexity index is 120. The van der Waals surface area contributed by atoms with Gasteiger partial charge in [0.1, 0.15) is 0 Å². The summed E-state index contributed by atoms with van der Waals surface area (Å²) in [6.45, 7) is 0. The third-order valence-electron chi connectivity index (χ3n) is 1.53. The van der Waals surface area contributed by atoms with Gasteiger partial charge in [-0.1, -0.05) is 6.04 Å². The Morgan fingerprint density at radius 3 is 1.91 bits per heavy atom. The summed E-state index contributed by atoms with van der Waals surface area (Å²) in [5.74, 6) is 1.31. The van der Waals surface area contributed by atoms with Crippen LogP contribution in [0.25, 0.3) is 0 Å². The average Bonchev–Trinajstić information content (AvgIpc) is 1.87. The molecule has 2 nitrogen and oxygen atoms in total. The second kappa shape index (κ2) is 5.24. The SMILES string of the molecule is CN(C)C(=CCC[SiH3])N(C)C. The number of rotatable bonds is 4. The van der Waals surface area contributed by atoms with Gasteiger partial charge in [0.25, 0.3) is 0 Å². The van der Waals surface area contributed by atoms with Gasteiger partial charge in [0.05, 0.1) is 5.82 Å². The zero-order valence-corrected chi connectivity index (χ0v) is 10.4. The largest absolute Gasteiger partial charge is 0.365 e. The van der Waals surface area contributed by atoms with Crippen molar-refractivity contribution in [1.29, 1.82) is 0 Å². The van der Waals surface area contributed by atoms with E-state index >= 15 is 0 Å². The zero-order valence-electron chi connectivity index (χ0n) is 8.39. The van der Waals surface area contributed by atoms with Crippen molar-refractivity contribution in [3.05, 3.63) is 11.9 Å². The molecule has 0 N–H and O–H groups in total. The summed E-state index contributed by atoms with van der Waals surface area (Å²) in [6.07, 6.45) is 3.52. The molecule has 0 aromatic heterocycles. The van der Waals surface area contributed by atoms with Gasteiger partial charge >= 0.3 is 0 Å². The molecule has 0 heterocycles. The van der Waals surface area contributed by atoms with E-state index in [1.807, 2.05) is 0 Å². The van der Waals surface area contributed by atoms with Crippen LogP contribution in [0.1, 0.15) is 6.42 Å². The van der Waals surface area contributed by atoms with Gasteiger partial charge in [-0.3, -0.25) is 0 Å². The quantitative estimate of drug-likeness (QED) is 0.556. The van der Waals surface area contributed by atoms with Gasteiger partial charge in [0.2, 0.25) is 0 Å². The molecular weight excluding hydrogens is 152 g/mol. The fraction of sp³-hybridized carbons (Fsp3) is 0.750. The van der Waals surface area contributed by atoms with Crippen LogP contribution < -0.4 is 0 Å². The predicted octanol–water partition coefficient (Wildman–Crippen LogP) is 0.125. The van der Waals surface area contributed by atoms with E-state index in [1.165, 1.54) is 28.5 Å². The van der Waals surface area contributed by atoms with Crippen molar-refractivity contribution in [3.63, 3.8) is 0 Å². The lowest BCUT2D eigenvalue weighted by atomic mass is 10.4. The van der Waals surface area contributed by atoms with Crippen LogP contribution in [0.3, 0.4) is 0 Å². The first-order valence-electron chi connectivity index (χ1n) is 4.14. The van der Waals surface area contributed by atoms with Crippen molar-refractivity contribution < 1.29 is 0 Å². The van der Waals surface area contributed by atoms with Gasteiger partial charge in [0, 0.05) is 38.4 Å². The third kappa shape index (κ3) is 4.09. The molecular formula is C8H20N2Si. The number of hydrogen-bond acceptors (Lipinski definition) is 2. The maximum Gasteiger partial charge on any atom is 0.0987 e. The highest BCUT2D eigenvalue weighted by Crippen LogP contribution is 2.03. The minimum Gasteiger partial charge on any atom is -0.365 e. The average molecular weight is 172 g/mol. The van der Waals surface area contributed by atoms with Crippen LogP contribution in [0, 0.1) is 0 Å². The molecule has 0 rings (SSSR count). The van der Waals surface area contributed by atoms with Crippen LogP contribution in [0.4, 0.5) is 0 Å². The Balaban J connectivity index is 4.09. The molecule has 0 aromatic rings. The molecule has 0 bridgehead atoms. The Morgan fingerprint density at radius 2 is 1.64 bits per heavy atom. The highest BCUT2D eigenvalue weighted by Gasteiger charge is 1.99. The van der Waals surface area contributed by atoms with Crippen LogP contribution in [-0.4, -0.2) is 48.2 Å². The minimum absolute atomic E-state index is 1.22. The molecule has 0 amide bonds. The smallest absolute Gasteiger partial charge is 0.0987 e. The van der Waals surface area contributed by atoms with Crippen LogP contribution >= 0.6 is 0 Å². The molecule has 0 aromatic carbocycles.